The summed E-state index contributed by atoms with van der Waals surface area (Å²) in [6.07, 6.45) is -0.442. The van der Waals surface area contributed by atoms with Gasteiger partial charge in [-0.05, 0) is 76.8 Å². The van der Waals surface area contributed by atoms with Crippen LogP contribution in [0.15, 0.2) is 53.9 Å². The Bertz CT molecular complexity index is 1490. The molecule has 0 aliphatic carbocycles. The summed E-state index contributed by atoms with van der Waals surface area (Å²) in [5, 5.41) is 8.99. The number of amides is 2. The minimum atomic E-state index is -0.539. The first-order valence-corrected chi connectivity index (χ1v) is 14.3. The maximum absolute atomic E-state index is 13.2. The topological polar surface area (TPSA) is 85.3 Å². The van der Waals surface area contributed by atoms with Crippen LogP contribution in [-0.2, 0) is 24.4 Å². The van der Waals surface area contributed by atoms with Crippen LogP contribution in [0.1, 0.15) is 70.5 Å². The van der Waals surface area contributed by atoms with Crippen molar-refractivity contribution in [2.75, 3.05) is 0 Å². The summed E-state index contributed by atoms with van der Waals surface area (Å²) in [6.45, 7) is 15.0. The number of aryl methyl sites for hydroxylation is 3. The Hall–Kier alpha value is -3.91. The minimum absolute atomic E-state index is 0.0999. The number of ether oxygens (including phenoxy) is 1. The fourth-order valence-corrected chi connectivity index (χ4v) is 5.56. The fourth-order valence-electron chi connectivity index (χ4n) is 4.75. The van der Waals surface area contributed by atoms with Crippen molar-refractivity contribution in [1.82, 2.24) is 20.2 Å². The predicted molar refractivity (Wildman–Crippen MR) is 161 cm³/mol. The van der Waals surface area contributed by atoms with Crippen molar-refractivity contribution in [3.63, 3.8) is 0 Å². The Kier molecular flexibility index (Phi) is 8.79. The highest BCUT2D eigenvalue weighted by atomic mass is 32.1. The molecule has 210 valence electrons. The van der Waals surface area contributed by atoms with Crippen LogP contribution >= 0.6 is 11.3 Å². The molecule has 0 aliphatic rings. The molecule has 0 atom stereocenters. The van der Waals surface area contributed by atoms with E-state index in [1.54, 1.807) is 11.3 Å². The Labute approximate surface area is 240 Å². The molecule has 0 aliphatic heterocycles. The average molecular weight is 559 g/mol. The van der Waals surface area contributed by atoms with Crippen LogP contribution in [0.2, 0.25) is 0 Å². The van der Waals surface area contributed by atoms with Crippen LogP contribution in [0.5, 0.6) is 0 Å². The molecule has 2 aromatic carbocycles. The largest absolute Gasteiger partial charge is 0.444 e. The van der Waals surface area contributed by atoms with Crippen molar-refractivity contribution in [2.45, 2.75) is 73.7 Å². The van der Waals surface area contributed by atoms with E-state index in [-0.39, 0.29) is 5.91 Å². The number of hydrogen-bond acceptors (Lipinski definition) is 5. The highest BCUT2D eigenvalue weighted by molar-refractivity contribution is 7.13. The number of alkyl carbamates (subject to hydrolysis) is 1. The van der Waals surface area contributed by atoms with Gasteiger partial charge in [-0.2, -0.15) is 0 Å². The quantitative estimate of drug-likeness (QED) is 0.248. The second kappa shape index (κ2) is 12.1. The van der Waals surface area contributed by atoms with Gasteiger partial charge in [0, 0.05) is 35.4 Å². The summed E-state index contributed by atoms with van der Waals surface area (Å²) in [6, 6.07) is 16.2. The van der Waals surface area contributed by atoms with Crippen molar-refractivity contribution in [3.05, 3.63) is 98.8 Å². The summed E-state index contributed by atoms with van der Waals surface area (Å²) in [5.41, 5.74) is 8.33. The lowest BCUT2D eigenvalue weighted by atomic mass is 9.99. The molecule has 0 unspecified atom stereocenters. The van der Waals surface area contributed by atoms with E-state index >= 15 is 0 Å². The number of carbonyl (C=O) groups excluding carboxylic acids is 2. The van der Waals surface area contributed by atoms with Crippen LogP contribution < -0.4 is 10.6 Å². The van der Waals surface area contributed by atoms with Crippen molar-refractivity contribution in [3.8, 4) is 10.6 Å². The molecule has 0 spiro atoms. The van der Waals surface area contributed by atoms with Crippen molar-refractivity contribution < 1.29 is 14.3 Å². The highest BCUT2D eigenvalue weighted by Gasteiger charge is 2.18. The number of nitrogens with one attached hydrogen (secondary N) is 2. The van der Waals surface area contributed by atoms with Crippen LogP contribution in [0.4, 0.5) is 4.79 Å². The molecule has 0 bridgehead atoms. The average Bonchev–Trinajstić information content (AvgIpc) is 3.47. The van der Waals surface area contributed by atoms with Gasteiger partial charge in [0.2, 0.25) is 0 Å². The predicted octanol–water partition coefficient (Wildman–Crippen LogP) is 6.85. The van der Waals surface area contributed by atoms with Crippen molar-refractivity contribution >= 4 is 23.3 Å². The van der Waals surface area contributed by atoms with Gasteiger partial charge in [0.1, 0.15) is 10.6 Å². The minimum Gasteiger partial charge on any atom is -0.444 e. The summed E-state index contributed by atoms with van der Waals surface area (Å²) in [7, 11) is 0. The van der Waals surface area contributed by atoms with E-state index in [2.05, 4.69) is 32.7 Å². The molecule has 0 radical (unpaired) electrons. The van der Waals surface area contributed by atoms with E-state index in [0.717, 1.165) is 49.9 Å². The Balaban J connectivity index is 1.39. The van der Waals surface area contributed by atoms with Gasteiger partial charge in [-0.1, -0.05) is 42.5 Å². The van der Waals surface area contributed by atoms with Gasteiger partial charge in [0.15, 0.2) is 0 Å². The Morgan fingerprint density at radius 1 is 0.950 bits per heavy atom. The van der Waals surface area contributed by atoms with Gasteiger partial charge in [0.05, 0.1) is 17.8 Å². The van der Waals surface area contributed by atoms with E-state index in [0.29, 0.717) is 25.2 Å². The second-order valence-electron chi connectivity index (χ2n) is 11.1. The SMILES string of the molecule is Cc1cc(CNC(=O)OC(C)(C)C)cc(C)c1CNC(=O)c1cc(C)n(Cc2csc(-c3ccccc3)n2)c1C. The molecule has 4 aromatic rings. The van der Waals surface area contributed by atoms with E-state index < -0.39 is 11.7 Å². The van der Waals surface area contributed by atoms with E-state index in [9.17, 15) is 9.59 Å². The molecule has 4 rings (SSSR count). The van der Waals surface area contributed by atoms with E-state index in [1.165, 1.54) is 0 Å². The Morgan fingerprint density at radius 2 is 1.62 bits per heavy atom. The number of thiazole rings is 1. The summed E-state index contributed by atoms with van der Waals surface area (Å²) < 4.78 is 7.46. The lowest BCUT2D eigenvalue weighted by molar-refractivity contribution is 0.0523. The van der Waals surface area contributed by atoms with E-state index in [1.807, 2.05) is 84.9 Å². The van der Waals surface area contributed by atoms with Crippen molar-refractivity contribution in [1.29, 1.82) is 0 Å². The molecular weight excluding hydrogens is 520 g/mol. The molecule has 0 saturated carbocycles. The maximum Gasteiger partial charge on any atom is 0.407 e. The summed E-state index contributed by atoms with van der Waals surface area (Å²) in [5.74, 6) is -0.0999. The molecule has 40 heavy (non-hydrogen) atoms. The molecule has 2 heterocycles. The summed E-state index contributed by atoms with van der Waals surface area (Å²) in [4.78, 5) is 30.1. The zero-order valence-electron chi connectivity index (χ0n) is 24.3. The smallest absolute Gasteiger partial charge is 0.407 e. The van der Waals surface area contributed by atoms with Crippen LogP contribution in [-0.4, -0.2) is 27.2 Å². The second-order valence-corrected chi connectivity index (χ2v) is 12.0. The number of carbonyl (C=O) groups is 2. The Morgan fingerprint density at radius 3 is 2.27 bits per heavy atom. The molecule has 2 aromatic heterocycles. The van der Waals surface area contributed by atoms with Crippen LogP contribution in [0.3, 0.4) is 0 Å². The van der Waals surface area contributed by atoms with Crippen molar-refractivity contribution in [2.24, 2.45) is 0 Å². The third-order valence-corrected chi connectivity index (χ3v) is 7.67. The monoisotopic (exact) mass is 558 g/mol. The molecule has 2 N–H and O–H groups in total. The van der Waals surface area contributed by atoms with Gasteiger partial charge in [-0.3, -0.25) is 4.79 Å². The van der Waals surface area contributed by atoms with Gasteiger partial charge in [-0.25, -0.2) is 9.78 Å². The highest BCUT2D eigenvalue weighted by Crippen LogP contribution is 2.25. The maximum atomic E-state index is 13.2. The van der Waals surface area contributed by atoms with Crippen LogP contribution in [0, 0.1) is 27.7 Å². The molecular formula is C32H38N4O3S. The number of hydrogen-bond donors (Lipinski definition) is 2. The number of aromatic nitrogens is 2. The first-order valence-electron chi connectivity index (χ1n) is 13.4. The molecule has 7 nitrogen and oxygen atoms in total. The molecule has 0 fully saturated rings. The van der Waals surface area contributed by atoms with Gasteiger partial charge in [-0.15, -0.1) is 11.3 Å². The number of nitrogens with zero attached hydrogens (tertiary/aromatic N) is 2. The molecule has 2 amide bonds. The van der Waals surface area contributed by atoms with Gasteiger partial charge < -0.3 is 19.9 Å². The first kappa shape index (κ1) is 29.1. The first-order chi connectivity index (χ1) is 18.9. The lowest BCUT2D eigenvalue weighted by Gasteiger charge is -2.20. The molecule has 8 heteroatoms. The van der Waals surface area contributed by atoms with Gasteiger partial charge in [0.25, 0.3) is 5.91 Å². The standard InChI is InChI=1S/C32H38N4O3S/c1-20-13-24(16-34-31(38)39-32(5,6)7)14-21(2)28(20)17-33-29(37)27-15-22(3)36(23(27)4)18-26-19-40-30(35-26)25-11-9-8-10-12-25/h8-15,19H,16-18H2,1-7H3,(H,33,37)(H,34,38). The van der Waals surface area contributed by atoms with E-state index in [4.69, 9.17) is 9.72 Å². The lowest BCUT2D eigenvalue weighted by Crippen LogP contribution is -2.32. The fraction of sp³-hybridized carbons (Fsp3) is 0.344. The van der Waals surface area contributed by atoms with Gasteiger partial charge >= 0.3 is 6.09 Å². The van der Waals surface area contributed by atoms with Crippen LogP contribution in [0.25, 0.3) is 10.6 Å². The normalized spacial score (nSPS) is 11.4. The zero-order chi connectivity index (χ0) is 29.0. The summed E-state index contributed by atoms with van der Waals surface area (Å²) >= 11 is 1.63. The zero-order valence-corrected chi connectivity index (χ0v) is 25.2. The number of rotatable bonds is 8. The third-order valence-electron chi connectivity index (χ3n) is 6.73. The molecule has 0 saturated heterocycles. The number of benzene rings is 2. The third kappa shape index (κ3) is 7.18.